The van der Waals surface area contributed by atoms with E-state index in [0.717, 1.165) is 62.4 Å². The van der Waals surface area contributed by atoms with Gasteiger partial charge in [0, 0.05) is 44.5 Å². The molecule has 27 heavy (non-hydrogen) atoms. The summed E-state index contributed by atoms with van der Waals surface area (Å²) in [4.78, 5) is 15.3. The van der Waals surface area contributed by atoms with Gasteiger partial charge in [-0.15, -0.1) is 0 Å². The molecule has 2 fully saturated rings. The van der Waals surface area contributed by atoms with Gasteiger partial charge in [0.15, 0.2) is 0 Å². The lowest BCUT2D eigenvalue weighted by Crippen LogP contribution is -2.44. The Morgan fingerprint density at radius 3 is 2.74 bits per heavy atom. The summed E-state index contributed by atoms with van der Waals surface area (Å²) in [6, 6.07) is -0.0817. The number of nitrogens with one attached hydrogen (secondary N) is 2. The van der Waals surface area contributed by atoms with Crippen molar-refractivity contribution in [3.63, 3.8) is 0 Å². The van der Waals surface area contributed by atoms with Crippen LogP contribution in [0.15, 0.2) is 0 Å². The summed E-state index contributed by atoms with van der Waals surface area (Å²) in [5.41, 5.74) is 3.62. The van der Waals surface area contributed by atoms with Gasteiger partial charge in [-0.1, -0.05) is 0 Å². The van der Waals surface area contributed by atoms with Crippen LogP contribution in [0.25, 0.3) is 0 Å². The first-order valence-corrected chi connectivity index (χ1v) is 10.2. The Morgan fingerprint density at radius 1 is 1.37 bits per heavy atom. The van der Waals surface area contributed by atoms with Gasteiger partial charge in [0.05, 0.1) is 18.3 Å². The number of ether oxygens (including phenoxy) is 1. The molecule has 1 atom stereocenters. The number of carbonyl (C=O) groups excluding carboxylic acids is 1. The van der Waals surface area contributed by atoms with Gasteiger partial charge in [-0.25, -0.2) is 0 Å². The number of nitrogens with zero attached hydrogens (tertiary/aromatic N) is 3. The fourth-order valence-corrected chi connectivity index (χ4v) is 4.58. The van der Waals surface area contributed by atoms with E-state index in [1.54, 1.807) is 7.11 Å². The van der Waals surface area contributed by atoms with Crippen LogP contribution in [0.3, 0.4) is 0 Å². The van der Waals surface area contributed by atoms with Crippen LogP contribution >= 0.6 is 0 Å². The predicted molar refractivity (Wildman–Crippen MR) is 106 cm³/mol. The van der Waals surface area contributed by atoms with E-state index in [1.165, 1.54) is 0 Å². The molecular weight excluding hydrogens is 342 g/mol. The highest BCUT2D eigenvalue weighted by molar-refractivity contribution is 5.82. The first-order chi connectivity index (χ1) is 13.0. The Labute approximate surface area is 162 Å². The molecule has 0 aliphatic carbocycles. The van der Waals surface area contributed by atoms with Crippen LogP contribution in [-0.2, 0) is 22.6 Å². The predicted octanol–water partition coefficient (Wildman–Crippen LogP) is 1.23. The van der Waals surface area contributed by atoms with Gasteiger partial charge in [0.2, 0.25) is 5.91 Å². The van der Waals surface area contributed by atoms with E-state index in [1.807, 2.05) is 16.5 Å². The van der Waals surface area contributed by atoms with E-state index in [4.69, 9.17) is 4.74 Å². The third-order valence-electron chi connectivity index (χ3n) is 6.38. The zero-order valence-electron chi connectivity index (χ0n) is 17.3. The number of methoxy groups -OCH3 is 1. The summed E-state index contributed by atoms with van der Waals surface area (Å²) < 4.78 is 7.29. The Morgan fingerprint density at radius 2 is 2.11 bits per heavy atom. The van der Waals surface area contributed by atoms with Crippen LogP contribution in [0.4, 0.5) is 0 Å². The lowest BCUT2D eigenvalue weighted by molar-refractivity contribution is -0.134. The highest BCUT2D eigenvalue weighted by Crippen LogP contribution is 2.38. The van der Waals surface area contributed by atoms with E-state index in [0.29, 0.717) is 19.7 Å². The fraction of sp³-hybridized carbons (Fsp3) is 0.800. The van der Waals surface area contributed by atoms with Gasteiger partial charge >= 0.3 is 0 Å². The van der Waals surface area contributed by atoms with Crippen molar-refractivity contribution in [3.8, 4) is 0 Å². The van der Waals surface area contributed by atoms with Crippen LogP contribution in [0.1, 0.15) is 43.1 Å². The molecule has 1 spiro atoms. The summed E-state index contributed by atoms with van der Waals surface area (Å²) in [5, 5.41) is 11.6. The van der Waals surface area contributed by atoms with Crippen molar-refractivity contribution in [1.82, 2.24) is 25.3 Å². The summed E-state index contributed by atoms with van der Waals surface area (Å²) in [6.45, 7) is 11.9. The summed E-state index contributed by atoms with van der Waals surface area (Å²) >= 11 is 0. The van der Waals surface area contributed by atoms with Gasteiger partial charge in [0.25, 0.3) is 0 Å². The minimum absolute atomic E-state index is 0.0817. The van der Waals surface area contributed by atoms with Crippen molar-refractivity contribution in [3.05, 3.63) is 17.0 Å². The van der Waals surface area contributed by atoms with Gasteiger partial charge in [-0.3, -0.25) is 9.48 Å². The molecule has 0 bridgehead atoms. The fourth-order valence-electron chi connectivity index (χ4n) is 4.58. The second-order valence-corrected chi connectivity index (χ2v) is 8.11. The third kappa shape index (κ3) is 4.36. The van der Waals surface area contributed by atoms with Crippen molar-refractivity contribution in [2.24, 2.45) is 5.41 Å². The molecule has 0 aromatic carbocycles. The standard InChI is InChI=1S/C20H35N5O2/c1-5-25-16(3)17(15(2)23-25)13-24(10-11-27-4)19(26)18-12-20(14-22-18)6-8-21-9-7-20/h18,21-22H,5-14H2,1-4H3/t18-/m0/s1. The number of hydrogen-bond acceptors (Lipinski definition) is 5. The second-order valence-electron chi connectivity index (χ2n) is 8.11. The van der Waals surface area contributed by atoms with Crippen molar-refractivity contribution in [1.29, 1.82) is 0 Å². The van der Waals surface area contributed by atoms with Crippen molar-refractivity contribution in [2.75, 3.05) is 39.9 Å². The van der Waals surface area contributed by atoms with Crippen molar-refractivity contribution < 1.29 is 9.53 Å². The van der Waals surface area contributed by atoms with E-state index in [9.17, 15) is 4.79 Å². The SMILES string of the molecule is CCn1nc(C)c(CN(CCOC)C(=O)[C@@H]2CC3(CCNCC3)CN2)c1C. The van der Waals surface area contributed by atoms with Gasteiger partial charge in [-0.05, 0) is 58.5 Å². The zero-order chi connectivity index (χ0) is 19.4. The van der Waals surface area contributed by atoms with E-state index >= 15 is 0 Å². The molecular formula is C20H35N5O2. The van der Waals surface area contributed by atoms with Crippen molar-refractivity contribution in [2.45, 2.75) is 59.2 Å². The quantitative estimate of drug-likeness (QED) is 0.748. The highest BCUT2D eigenvalue weighted by Gasteiger charge is 2.43. The van der Waals surface area contributed by atoms with Crippen LogP contribution in [-0.4, -0.2) is 66.5 Å². The molecule has 1 amide bonds. The maximum atomic E-state index is 13.3. The molecule has 2 aliphatic heterocycles. The molecule has 1 aromatic rings. The molecule has 3 heterocycles. The van der Waals surface area contributed by atoms with Crippen LogP contribution in [0, 0.1) is 19.3 Å². The smallest absolute Gasteiger partial charge is 0.240 e. The summed E-state index contributed by atoms with van der Waals surface area (Å²) in [7, 11) is 1.69. The van der Waals surface area contributed by atoms with E-state index < -0.39 is 0 Å². The summed E-state index contributed by atoms with van der Waals surface area (Å²) in [6.07, 6.45) is 3.26. The largest absolute Gasteiger partial charge is 0.383 e. The lowest BCUT2D eigenvalue weighted by Gasteiger charge is -2.33. The second kappa shape index (κ2) is 8.71. The molecule has 0 unspecified atom stereocenters. The molecule has 2 saturated heterocycles. The van der Waals surface area contributed by atoms with Crippen LogP contribution in [0.5, 0.6) is 0 Å². The average molecular weight is 378 g/mol. The first-order valence-electron chi connectivity index (χ1n) is 10.2. The van der Waals surface area contributed by atoms with Crippen LogP contribution < -0.4 is 10.6 Å². The number of aryl methyl sites for hydroxylation is 2. The molecule has 3 rings (SSSR count). The number of amides is 1. The first kappa shape index (κ1) is 20.3. The van der Waals surface area contributed by atoms with Gasteiger partial charge in [-0.2, -0.15) is 5.10 Å². The maximum Gasteiger partial charge on any atom is 0.240 e. The number of aromatic nitrogens is 2. The molecule has 1 aromatic heterocycles. The molecule has 0 radical (unpaired) electrons. The minimum atomic E-state index is -0.0817. The van der Waals surface area contributed by atoms with E-state index in [-0.39, 0.29) is 17.4 Å². The minimum Gasteiger partial charge on any atom is -0.383 e. The number of rotatable bonds is 7. The molecule has 7 nitrogen and oxygen atoms in total. The van der Waals surface area contributed by atoms with Crippen LogP contribution in [0.2, 0.25) is 0 Å². The van der Waals surface area contributed by atoms with E-state index in [2.05, 4.69) is 29.6 Å². The monoisotopic (exact) mass is 377 g/mol. The van der Waals surface area contributed by atoms with Crippen molar-refractivity contribution >= 4 is 5.91 Å². The zero-order valence-corrected chi connectivity index (χ0v) is 17.3. The normalized spacial score (nSPS) is 21.7. The third-order valence-corrected chi connectivity index (χ3v) is 6.38. The Kier molecular flexibility index (Phi) is 6.55. The van der Waals surface area contributed by atoms with Gasteiger partial charge in [0.1, 0.15) is 0 Å². The highest BCUT2D eigenvalue weighted by atomic mass is 16.5. The number of carbonyl (C=O) groups is 1. The molecule has 7 heteroatoms. The van der Waals surface area contributed by atoms with Gasteiger partial charge < -0.3 is 20.3 Å². The number of hydrogen-bond donors (Lipinski definition) is 2. The topological polar surface area (TPSA) is 71.4 Å². The Hall–Kier alpha value is -1.44. The molecule has 0 saturated carbocycles. The average Bonchev–Trinajstić information content (AvgIpc) is 3.20. The Bertz CT molecular complexity index is 651. The lowest BCUT2D eigenvalue weighted by atomic mass is 9.77. The molecule has 152 valence electrons. The molecule has 2 aliphatic rings. The molecule has 2 N–H and O–H groups in total. The number of piperidine rings is 1. The summed E-state index contributed by atoms with van der Waals surface area (Å²) in [5.74, 6) is 0.200. The maximum absolute atomic E-state index is 13.3. The Balaban J connectivity index is 1.72.